The number of carbonyl (C=O) groups excluding carboxylic acids is 1. The van der Waals surface area contributed by atoms with Gasteiger partial charge in [-0.1, -0.05) is 30.3 Å². The van der Waals surface area contributed by atoms with Crippen LogP contribution in [0.1, 0.15) is 31.2 Å². The van der Waals surface area contributed by atoms with Crippen molar-refractivity contribution in [3.63, 3.8) is 0 Å². The number of nitrogens with one attached hydrogen (secondary N) is 1. The molecule has 1 amide bonds. The minimum Gasteiger partial charge on any atom is -0.481 e. The van der Waals surface area contributed by atoms with E-state index in [-0.39, 0.29) is 18.2 Å². The zero-order valence-corrected chi connectivity index (χ0v) is 13.5. The van der Waals surface area contributed by atoms with Gasteiger partial charge >= 0.3 is 5.97 Å². The zero-order chi connectivity index (χ0) is 16.5. The number of carbonyl (C=O) groups is 2. The first-order valence-corrected chi connectivity index (χ1v) is 8.39. The average molecular weight is 318 g/mol. The fourth-order valence-electron chi connectivity index (χ4n) is 3.01. The molecule has 1 atom stereocenters. The molecule has 5 nitrogen and oxygen atoms in total. The number of carboxylic acids is 1. The number of carboxylic acid groups (broad SMARTS) is 1. The number of nitrogens with zero attached hydrogens (tertiary/aromatic N) is 1. The van der Waals surface area contributed by atoms with E-state index in [1.165, 1.54) is 5.56 Å². The van der Waals surface area contributed by atoms with E-state index in [1.807, 2.05) is 23.1 Å². The van der Waals surface area contributed by atoms with E-state index < -0.39 is 5.97 Å². The van der Waals surface area contributed by atoms with Crippen molar-refractivity contribution in [2.75, 3.05) is 26.2 Å². The Kier molecular flexibility index (Phi) is 7.07. The Morgan fingerprint density at radius 3 is 2.74 bits per heavy atom. The van der Waals surface area contributed by atoms with Gasteiger partial charge in [-0.25, -0.2) is 0 Å². The van der Waals surface area contributed by atoms with E-state index in [1.54, 1.807) is 0 Å². The van der Waals surface area contributed by atoms with Crippen molar-refractivity contribution < 1.29 is 14.7 Å². The molecule has 1 aliphatic rings. The molecule has 1 heterocycles. The van der Waals surface area contributed by atoms with Crippen molar-refractivity contribution in [1.29, 1.82) is 0 Å². The summed E-state index contributed by atoms with van der Waals surface area (Å²) in [5, 5.41) is 12.2. The van der Waals surface area contributed by atoms with Gasteiger partial charge in [-0.3, -0.25) is 9.59 Å². The molecule has 1 fully saturated rings. The Hall–Kier alpha value is -1.88. The van der Waals surface area contributed by atoms with Crippen LogP contribution in [0.3, 0.4) is 0 Å². The molecule has 5 heteroatoms. The van der Waals surface area contributed by atoms with Crippen LogP contribution < -0.4 is 5.32 Å². The van der Waals surface area contributed by atoms with Crippen LogP contribution >= 0.6 is 0 Å². The van der Waals surface area contributed by atoms with Crippen molar-refractivity contribution in [3.8, 4) is 0 Å². The van der Waals surface area contributed by atoms with Gasteiger partial charge in [0.05, 0.1) is 6.42 Å². The maximum Gasteiger partial charge on any atom is 0.303 e. The Morgan fingerprint density at radius 1 is 1.22 bits per heavy atom. The molecule has 1 aromatic carbocycles. The molecular formula is C18H26N2O3. The summed E-state index contributed by atoms with van der Waals surface area (Å²) in [6.07, 6.45) is 3.54. The molecular weight excluding hydrogens is 292 g/mol. The lowest BCUT2D eigenvalue weighted by atomic mass is 10.0. The predicted octanol–water partition coefficient (Wildman–Crippen LogP) is 1.92. The van der Waals surface area contributed by atoms with Crippen LogP contribution in [-0.2, 0) is 16.0 Å². The quantitative estimate of drug-likeness (QED) is 0.754. The van der Waals surface area contributed by atoms with Gasteiger partial charge in [-0.05, 0) is 30.7 Å². The number of hydrogen-bond donors (Lipinski definition) is 2. The summed E-state index contributed by atoms with van der Waals surface area (Å²) >= 11 is 0. The standard InChI is InChI=1S/C18H26N2O3/c21-17(9-5-4-8-15-6-2-1-3-7-15)20-11-10-19-13-16(14-20)12-18(22)23/h1-3,6-7,16,19H,4-5,8-14H2,(H,22,23). The number of aliphatic carboxylic acids is 1. The molecule has 23 heavy (non-hydrogen) atoms. The van der Waals surface area contributed by atoms with Gasteiger partial charge in [0, 0.05) is 32.6 Å². The van der Waals surface area contributed by atoms with Crippen LogP contribution in [0, 0.1) is 5.92 Å². The van der Waals surface area contributed by atoms with Crippen molar-refractivity contribution in [1.82, 2.24) is 10.2 Å². The monoisotopic (exact) mass is 318 g/mol. The van der Waals surface area contributed by atoms with Gasteiger partial charge in [-0.15, -0.1) is 0 Å². The molecule has 1 saturated heterocycles. The highest BCUT2D eigenvalue weighted by Gasteiger charge is 2.23. The predicted molar refractivity (Wildman–Crippen MR) is 89.2 cm³/mol. The second-order valence-electron chi connectivity index (χ2n) is 6.20. The van der Waals surface area contributed by atoms with Gasteiger partial charge in [-0.2, -0.15) is 0 Å². The summed E-state index contributed by atoms with van der Waals surface area (Å²) in [7, 11) is 0. The molecule has 2 rings (SSSR count). The molecule has 126 valence electrons. The second kappa shape index (κ2) is 9.30. The van der Waals surface area contributed by atoms with Gasteiger partial charge in [0.2, 0.25) is 5.91 Å². The van der Waals surface area contributed by atoms with Crippen LogP contribution in [0.15, 0.2) is 30.3 Å². The highest BCUT2D eigenvalue weighted by Crippen LogP contribution is 2.12. The van der Waals surface area contributed by atoms with Crippen molar-refractivity contribution in [2.24, 2.45) is 5.92 Å². The van der Waals surface area contributed by atoms with Gasteiger partial charge < -0.3 is 15.3 Å². The Balaban J connectivity index is 1.72. The summed E-state index contributed by atoms with van der Waals surface area (Å²) in [5.74, 6) is -0.644. The SMILES string of the molecule is O=C(O)CC1CNCCN(C(=O)CCCCc2ccccc2)C1. The Labute approximate surface area is 137 Å². The molecule has 0 aliphatic carbocycles. The number of aryl methyl sites for hydroxylation is 1. The molecule has 0 aromatic heterocycles. The third-order valence-corrected chi connectivity index (χ3v) is 4.24. The summed E-state index contributed by atoms with van der Waals surface area (Å²) in [4.78, 5) is 25.0. The lowest BCUT2D eigenvalue weighted by molar-refractivity contribution is -0.139. The first kappa shape index (κ1) is 17.5. The minimum absolute atomic E-state index is 0.00303. The zero-order valence-electron chi connectivity index (χ0n) is 13.5. The summed E-state index contributed by atoms with van der Waals surface area (Å²) in [5.41, 5.74) is 1.31. The molecule has 0 saturated carbocycles. The molecule has 0 bridgehead atoms. The number of hydrogen-bond acceptors (Lipinski definition) is 3. The average Bonchev–Trinajstić information content (AvgIpc) is 2.77. The molecule has 0 radical (unpaired) electrons. The first-order chi connectivity index (χ1) is 11.1. The van der Waals surface area contributed by atoms with Gasteiger partial charge in [0.1, 0.15) is 0 Å². The smallest absolute Gasteiger partial charge is 0.303 e. The number of unbranched alkanes of at least 4 members (excludes halogenated alkanes) is 1. The number of rotatable bonds is 7. The van der Waals surface area contributed by atoms with Crippen LogP contribution in [0.2, 0.25) is 0 Å². The normalized spacial score (nSPS) is 18.4. The largest absolute Gasteiger partial charge is 0.481 e. The third-order valence-electron chi connectivity index (χ3n) is 4.24. The summed E-state index contributed by atoms with van der Waals surface area (Å²) < 4.78 is 0. The third kappa shape index (κ3) is 6.40. The van der Waals surface area contributed by atoms with Gasteiger partial charge in [0.15, 0.2) is 0 Å². The Bertz CT molecular complexity index is 504. The molecule has 1 unspecified atom stereocenters. The van der Waals surface area contributed by atoms with Crippen LogP contribution in [0.25, 0.3) is 0 Å². The van der Waals surface area contributed by atoms with E-state index in [4.69, 9.17) is 5.11 Å². The molecule has 2 N–H and O–H groups in total. The number of amides is 1. The highest BCUT2D eigenvalue weighted by atomic mass is 16.4. The Morgan fingerprint density at radius 2 is 2.00 bits per heavy atom. The van der Waals surface area contributed by atoms with Crippen molar-refractivity contribution in [2.45, 2.75) is 32.1 Å². The topological polar surface area (TPSA) is 69.6 Å². The van der Waals surface area contributed by atoms with Crippen LogP contribution in [0.5, 0.6) is 0 Å². The highest BCUT2D eigenvalue weighted by molar-refractivity contribution is 5.76. The molecule has 1 aromatic rings. The van der Waals surface area contributed by atoms with E-state index in [0.717, 1.165) is 25.8 Å². The number of benzene rings is 1. The summed E-state index contributed by atoms with van der Waals surface area (Å²) in [6.45, 7) is 2.64. The first-order valence-electron chi connectivity index (χ1n) is 8.39. The van der Waals surface area contributed by atoms with Crippen LogP contribution in [0.4, 0.5) is 0 Å². The van der Waals surface area contributed by atoms with Crippen molar-refractivity contribution >= 4 is 11.9 Å². The maximum absolute atomic E-state index is 12.3. The van der Waals surface area contributed by atoms with Gasteiger partial charge in [0.25, 0.3) is 0 Å². The van der Waals surface area contributed by atoms with E-state index >= 15 is 0 Å². The van der Waals surface area contributed by atoms with Crippen molar-refractivity contribution in [3.05, 3.63) is 35.9 Å². The second-order valence-corrected chi connectivity index (χ2v) is 6.20. The van der Waals surface area contributed by atoms with E-state index in [9.17, 15) is 9.59 Å². The summed E-state index contributed by atoms with van der Waals surface area (Å²) in [6, 6.07) is 10.3. The van der Waals surface area contributed by atoms with E-state index in [0.29, 0.717) is 26.1 Å². The fourth-order valence-corrected chi connectivity index (χ4v) is 3.01. The maximum atomic E-state index is 12.3. The minimum atomic E-state index is -0.797. The fraction of sp³-hybridized carbons (Fsp3) is 0.556. The lowest BCUT2D eigenvalue weighted by Crippen LogP contribution is -2.36. The molecule has 0 spiro atoms. The van der Waals surface area contributed by atoms with E-state index in [2.05, 4.69) is 17.4 Å². The molecule has 1 aliphatic heterocycles. The van der Waals surface area contributed by atoms with Crippen LogP contribution in [-0.4, -0.2) is 48.1 Å². The lowest BCUT2D eigenvalue weighted by Gasteiger charge is -2.23.